The molecule has 1 fully saturated rings. The maximum Gasteiger partial charge on any atom is 0.242 e. The van der Waals surface area contributed by atoms with Crippen molar-refractivity contribution in [2.24, 2.45) is 0 Å². The zero-order chi connectivity index (χ0) is 21.9. The fourth-order valence-corrected chi connectivity index (χ4v) is 4.77. The van der Waals surface area contributed by atoms with Crippen molar-refractivity contribution < 1.29 is 17.9 Å². The molecule has 0 aliphatic carbocycles. The van der Waals surface area contributed by atoms with Gasteiger partial charge in [0.05, 0.1) is 16.4 Å². The van der Waals surface area contributed by atoms with Gasteiger partial charge in [-0.1, -0.05) is 42.0 Å². The van der Waals surface area contributed by atoms with Gasteiger partial charge in [-0.2, -0.15) is 0 Å². The van der Waals surface area contributed by atoms with Crippen molar-refractivity contribution in [2.45, 2.75) is 43.0 Å². The number of sulfonamides is 1. The lowest BCUT2D eigenvalue weighted by Gasteiger charge is -2.37. The van der Waals surface area contributed by atoms with Crippen molar-refractivity contribution in [3.63, 3.8) is 0 Å². The molecule has 1 saturated heterocycles. The zero-order valence-corrected chi connectivity index (χ0v) is 18.8. The first-order valence-corrected chi connectivity index (χ1v) is 11.6. The first-order chi connectivity index (χ1) is 14.2. The molecule has 1 N–H and O–H groups in total. The maximum atomic E-state index is 13.5. The minimum Gasteiger partial charge on any atom is -0.381 e. The molecule has 1 aliphatic heterocycles. The van der Waals surface area contributed by atoms with Gasteiger partial charge in [0.15, 0.2) is 0 Å². The molecule has 0 saturated carbocycles. The number of carbonyl (C=O) groups excluding carboxylic acids is 1. The Morgan fingerprint density at radius 2 is 1.73 bits per heavy atom. The van der Waals surface area contributed by atoms with Crippen molar-refractivity contribution in [2.75, 3.05) is 27.3 Å². The highest BCUT2D eigenvalue weighted by molar-refractivity contribution is 7.89. The second-order valence-electron chi connectivity index (χ2n) is 8.12. The molecule has 162 valence electrons. The number of aryl methyl sites for hydroxylation is 1. The van der Waals surface area contributed by atoms with E-state index in [1.165, 1.54) is 18.4 Å². The minimum absolute atomic E-state index is 0.0528. The SMILES string of the molecule is Cc1ccc(C2(C(=O)NC(C)c3cccc(S(=O)(=O)N(C)C)c3)CCOCC2)cc1. The second-order valence-corrected chi connectivity index (χ2v) is 10.3. The van der Waals surface area contributed by atoms with Gasteiger partial charge in [-0.3, -0.25) is 4.79 Å². The number of nitrogens with one attached hydrogen (secondary N) is 1. The molecule has 1 amide bonds. The molecule has 0 radical (unpaired) electrons. The lowest BCUT2D eigenvalue weighted by molar-refractivity contribution is -0.131. The Labute approximate surface area is 179 Å². The van der Waals surface area contributed by atoms with Gasteiger partial charge in [-0.25, -0.2) is 12.7 Å². The number of hydrogen-bond donors (Lipinski definition) is 1. The largest absolute Gasteiger partial charge is 0.381 e. The molecule has 1 unspecified atom stereocenters. The van der Waals surface area contributed by atoms with Crippen LogP contribution in [0.1, 0.15) is 42.5 Å². The summed E-state index contributed by atoms with van der Waals surface area (Å²) in [4.78, 5) is 13.7. The normalized spacial score (nSPS) is 17.5. The van der Waals surface area contributed by atoms with Crippen LogP contribution in [0.4, 0.5) is 0 Å². The maximum absolute atomic E-state index is 13.5. The van der Waals surface area contributed by atoms with Crippen LogP contribution in [-0.2, 0) is 25.0 Å². The highest BCUT2D eigenvalue weighted by Gasteiger charge is 2.42. The fourth-order valence-electron chi connectivity index (χ4n) is 3.81. The summed E-state index contributed by atoms with van der Waals surface area (Å²) < 4.78 is 31.6. The number of nitrogens with zero attached hydrogens (tertiary/aromatic N) is 1. The number of benzene rings is 2. The highest BCUT2D eigenvalue weighted by atomic mass is 32.2. The number of hydrogen-bond acceptors (Lipinski definition) is 4. The third kappa shape index (κ3) is 4.43. The van der Waals surface area contributed by atoms with Crippen LogP contribution >= 0.6 is 0 Å². The average Bonchev–Trinajstić information content (AvgIpc) is 2.74. The Kier molecular flexibility index (Phi) is 6.65. The molecular formula is C23H30N2O4S. The summed E-state index contributed by atoms with van der Waals surface area (Å²) >= 11 is 0. The van der Waals surface area contributed by atoms with Crippen LogP contribution < -0.4 is 5.32 Å². The van der Waals surface area contributed by atoms with Crippen molar-refractivity contribution in [3.8, 4) is 0 Å². The minimum atomic E-state index is -3.54. The third-order valence-electron chi connectivity index (χ3n) is 5.87. The summed E-state index contributed by atoms with van der Waals surface area (Å²) in [7, 11) is -0.530. The standard InChI is InChI=1S/C23H30N2O4S/c1-17-8-10-20(11-9-17)23(12-14-29-15-13-23)22(26)24-18(2)19-6-5-7-21(16-19)30(27,28)25(3)4/h5-11,16,18H,12-15H2,1-4H3,(H,24,26). The Morgan fingerprint density at radius 3 is 2.33 bits per heavy atom. The van der Waals surface area contributed by atoms with E-state index in [0.717, 1.165) is 16.7 Å². The smallest absolute Gasteiger partial charge is 0.242 e. The van der Waals surface area contributed by atoms with Crippen LogP contribution in [0.3, 0.4) is 0 Å². The van der Waals surface area contributed by atoms with Gasteiger partial charge in [-0.05, 0) is 49.9 Å². The number of rotatable bonds is 6. The molecule has 0 aromatic heterocycles. The first-order valence-electron chi connectivity index (χ1n) is 10.2. The number of ether oxygens (including phenoxy) is 1. The van der Waals surface area contributed by atoms with E-state index in [9.17, 15) is 13.2 Å². The molecular weight excluding hydrogens is 400 g/mol. The van der Waals surface area contributed by atoms with Gasteiger partial charge < -0.3 is 10.1 Å². The van der Waals surface area contributed by atoms with E-state index in [1.54, 1.807) is 18.2 Å². The molecule has 1 atom stereocenters. The molecule has 2 aromatic rings. The number of amides is 1. The predicted octanol–water partition coefficient (Wildman–Crippen LogP) is 3.17. The quantitative estimate of drug-likeness (QED) is 0.764. The number of carbonyl (C=O) groups is 1. The molecule has 1 heterocycles. The van der Waals surface area contributed by atoms with Gasteiger partial charge in [-0.15, -0.1) is 0 Å². The van der Waals surface area contributed by atoms with Crippen LogP contribution in [0.25, 0.3) is 0 Å². The van der Waals surface area contributed by atoms with E-state index < -0.39 is 15.4 Å². The Balaban J connectivity index is 1.87. The van der Waals surface area contributed by atoms with Crippen LogP contribution in [0.2, 0.25) is 0 Å². The summed E-state index contributed by atoms with van der Waals surface area (Å²) in [5.74, 6) is -0.0528. The van der Waals surface area contributed by atoms with Gasteiger partial charge in [0, 0.05) is 27.3 Å². The van der Waals surface area contributed by atoms with E-state index in [4.69, 9.17) is 4.74 Å². The summed E-state index contributed by atoms with van der Waals surface area (Å²) in [6, 6.07) is 14.5. The highest BCUT2D eigenvalue weighted by Crippen LogP contribution is 2.36. The van der Waals surface area contributed by atoms with Crippen LogP contribution in [0.5, 0.6) is 0 Å². The molecule has 6 nitrogen and oxygen atoms in total. The third-order valence-corrected chi connectivity index (χ3v) is 7.68. The van der Waals surface area contributed by atoms with Gasteiger partial charge in [0.2, 0.25) is 15.9 Å². The Hall–Kier alpha value is -2.22. The molecule has 0 spiro atoms. The van der Waals surface area contributed by atoms with E-state index in [0.29, 0.717) is 26.1 Å². The topological polar surface area (TPSA) is 75.7 Å². The summed E-state index contributed by atoms with van der Waals surface area (Å²) in [5, 5.41) is 3.12. The van der Waals surface area contributed by atoms with Crippen molar-refractivity contribution in [3.05, 3.63) is 65.2 Å². The lowest BCUT2D eigenvalue weighted by Crippen LogP contribution is -2.48. The molecule has 7 heteroatoms. The predicted molar refractivity (Wildman–Crippen MR) is 117 cm³/mol. The van der Waals surface area contributed by atoms with E-state index >= 15 is 0 Å². The molecule has 2 aromatic carbocycles. The Bertz CT molecular complexity index is 994. The average molecular weight is 431 g/mol. The zero-order valence-electron chi connectivity index (χ0n) is 18.0. The van der Waals surface area contributed by atoms with E-state index in [1.807, 2.05) is 44.2 Å². The van der Waals surface area contributed by atoms with Crippen LogP contribution in [0, 0.1) is 6.92 Å². The lowest BCUT2D eigenvalue weighted by atomic mass is 9.73. The molecule has 1 aliphatic rings. The van der Waals surface area contributed by atoms with Gasteiger partial charge in [0.1, 0.15) is 0 Å². The molecule has 30 heavy (non-hydrogen) atoms. The van der Waals surface area contributed by atoms with Crippen molar-refractivity contribution >= 4 is 15.9 Å². The second kappa shape index (κ2) is 8.88. The molecule has 3 rings (SSSR count). The van der Waals surface area contributed by atoms with E-state index in [-0.39, 0.29) is 16.8 Å². The van der Waals surface area contributed by atoms with Crippen LogP contribution in [-0.4, -0.2) is 45.9 Å². The summed E-state index contributed by atoms with van der Waals surface area (Å²) in [6.45, 7) is 4.97. The van der Waals surface area contributed by atoms with Crippen molar-refractivity contribution in [1.82, 2.24) is 9.62 Å². The molecule has 0 bridgehead atoms. The van der Waals surface area contributed by atoms with Gasteiger partial charge in [0.25, 0.3) is 0 Å². The fraction of sp³-hybridized carbons (Fsp3) is 0.435. The Morgan fingerprint density at radius 1 is 1.10 bits per heavy atom. The monoisotopic (exact) mass is 430 g/mol. The first kappa shape index (κ1) is 22.5. The summed E-state index contributed by atoms with van der Waals surface area (Å²) in [5.41, 5.74) is 2.24. The summed E-state index contributed by atoms with van der Waals surface area (Å²) in [6.07, 6.45) is 1.23. The van der Waals surface area contributed by atoms with Crippen molar-refractivity contribution in [1.29, 1.82) is 0 Å². The van der Waals surface area contributed by atoms with Crippen LogP contribution in [0.15, 0.2) is 53.4 Å². The van der Waals surface area contributed by atoms with E-state index in [2.05, 4.69) is 5.32 Å². The van der Waals surface area contributed by atoms with Gasteiger partial charge >= 0.3 is 0 Å².